The molecule has 2 heterocycles. The maximum Gasteiger partial charge on any atom is 0.144 e. The Morgan fingerprint density at radius 2 is 1.02 bits per heavy atom. The summed E-state index contributed by atoms with van der Waals surface area (Å²) in [5.74, 6) is 0. The third kappa shape index (κ3) is 3.29. The van der Waals surface area contributed by atoms with E-state index >= 15 is 0 Å². The van der Waals surface area contributed by atoms with E-state index in [1.807, 2.05) is 11.3 Å². The molecule has 0 bridgehead atoms. The summed E-state index contributed by atoms with van der Waals surface area (Å²) >= 11 is 1.86. The minimum absolute atomic E-state index is 0.922. The normalized spacial score (nSPS) is 12.1. The molecule has 0 radical (unpaired) electrons. The van der Waals surface area contributed by atoms with Crippen molar-refractivity contribution in [3.05, 3.63) is 146 Å². The molecule has 8 aromatic carbocycles. The number of fused-ring (bicyclic) bond motifs is 11. The fourth-order valence-corrected chi connectivity index (χ4v) is 8.57. The van der Waals surface area contributed by atoms with E-state index in [9.17, 15) is 0 Å². The summed E-state index contributed by atoms with van der Waals surface area (Å²) < 4.78 is 9.28. The molecular formula is C42H24OS. The molecule has 44 heavy (non-hydrogen) atoms. The number of furan rings is 1. The van der Waals surface area contributed by atoms with Crippen LogP contribution in [0.25, 0.3) is 96.7 Å². The Balaban J connectivity index is 1.28. The molecule has 2 aromatic heterocycles. The number of hydrogen-bond acceptors (Lipinski definition) is 2. The van der Waals surface area contributed by atoms with E-state index in [-0.39, 0.29) is 0 Å². The van der Waals surface area contributed by atoms with Crippen molar-refractivity contribution in [3.63, 3.8) is 0 Å². The van der Waals surface area contributed by atoms with Crippen molar-refractivity contribution in [2.75, 3.05) is 0 Å². The van der Waals surface area contributed by atoms with Gasteiger partial charge in [0.15, 0.2) is 0 Å². The first-order valence-electron chi connectivity index (χ1n) is 15.0. The molecule has 0 N–H and O–H groups in total. The molecule has 10 aromatic rings. The Morgan fingerprint density at radius 1 is 0.409 bits per heavy atom. The maximum atomic E-state index is 6.69. The standard InChI is InChI=1S/C42H24OS/c1-2-11-26(12-3-1)38-29-14-6-8-16-31(29)39(32-17-9-7-15-30(32)38)27-19-22-36-35(24-27)33-21-23-37-40(41(33)43-36)34-20-18-25-10-4-5-13-28(25)42(34)44-37/h1-24H. The average molecular weight is 577 g/mol. The third-order valence-electron chi connectivity index (χ3n) is 9.24. The van der Waals surface area contributed by atoms with Crippen LogP contribution in [0.2, 0.25) is 0 Å². The number of thiophene rings is 1. The van der Waals surface area contributed by atoms with E-state index in [0.29, 0.717) is 0 Å². The summed E-state index contributed by atoms with van der Waals surface area (Å²) in [6, 6.07) is 52.9. The minimum atomic E-state index is 0.922. The van der Waals surface area contributed by atoms with Gasteiger partial charge < -0.3 is 4.42 Å². The predicted molar refractivity (Wildman–Crippen MR) is 190 cm³/mol. The van der Waals surface area contributed by atoms with Gasteiger partial charge in [0.2, 0.25) is 0 Å². The van der Waals surface area contributed by atoms with Crippen LogP contribution in [0, 0.1) is 0 Å². The molecule has 0 aliphatic rings. The largest absolute Gasteiger partial charge is 0.455 e. The second-order valence-corrected chi connectivity index (χ2v) is 12.7. The van der Waals surface area contributed by atoms with Crippen LogP contribution in [0.5, 0.6) is 0 Å². The number of rotatable bonds is 2. The first kappa shape index (κ1) is 24.0. The fourth-order valence-electron chi connectivity index (χ4n) is 7.33. The Kier molecular flexibility index (Phi) is 4.94. The minimum Gasteiger partial charge on any atom is -0.455 e. The number of benzene rings is 8. The lowest BCUT2D eigenvalue weighted by molar-refractivity contribution is 0.673. The Bertz CT molecular complexity index is 2710. The van der Waals surface area contributed by atoms with Crippen molar-refractivity contribution in [1.82, 2.24) is 0 Å². The zero-order valence-corrected chi connectivity index (χ0v) is 24.5. The molecule has 0 aliphatic carbocycles. The molecule has 0 saturated heterocycles. The van der Waals surface area contributed by atoms with Crippen LogP contribution >= 0.6 is 11.3 Å². The Hall–Kier alpha value is -5.44. The van der Waals surface area contributed by atoms with Gasteiger partial charge in [0.25, 0.3) is 0 Å². The molecule has 1 nitrogen and oxygen atoms in total. The molecule has 2 heteroatoms. The molecular weight excluding hydrogens is 553 g/mol. The molecule has 0 amide bonds. The highest BCUT2D eigenvalue weighted by Gasteiger charge is 2.19. The smallest absolute Gasteiger partial charge is 0.144 e. The van der Waals surface area contributed by atoms with Gasteiger partial charge >= 0.3 is 0 Å². The second kappa shape index (κ2) is 9.03. The molecule has 0 aliphatic heterocycles. The van der Waals surface area contributed by atoms with E-state index < -0.39 is 0 Å². The summed E-state index contributed by atoms with van der Waals surface area (Å²) in [6.07, 6.45) is 0. The quantitative estimate of drug-likeness (QED) is 0.187. The van der Waals surface area contributed by atoms with Crippen LogP contribution in [-0.2, 0) is 0 Å². The van der Waals surface area contributed by atoms with Gasteiger partial charge in [0.05, 0.1) is 0 Å². The molecule has 0 saturated carbocycles. The van der Waals surface area contributed by atoms with Gasteiger partial charge in [-0.1, -0.05) is 121 Å². The van der Waals surface area contributed by atoms with Crippen LogP contribution in [-0.4, -0.2) is 0 Å². The van der Waals surface area contributed by atoms with E-state index in [2.05, 4.69) is 146 Å². The van der Waals surface area contributed by atoms with Gasteiger partial charge in [-0.05, 0) is 78.8 Å². The van der Waals surface area contributed by atoms with Crippen LogP contribution < -0.4 is 0 Å². The molecule has 204 valence electrons. The Morgan fingerprint density at radius 3 is 1.75 bits per heavy atom. The lowest BCUT2D eigenvalue weighted by atomic mass is 9.86. The van der Waals surface area contributed by atoms with Crippen LogP contribution in [0.1, 0.15) is 0 Å². The topological polar surface area (TPSA) is 13.1 Å². The second-order valence-electron chi connectivity index (χ2n) is 11.6. The van der Waals surface area contributed by atoms with Gasteiger partial charge in [-0.2, -0.15) is 0 Å². The molecule has 0 atom stereocenters. The van der Waals surface area contributed by atoms with Crippen LogP contribution in [0.4, 0.5) is 0 Å². The average Bonchev–Trinajstić information content (AvgIpc) is 3.66. The molecule has 10 rings (SSSR count). The summed E-state index contributed by atoms with van der Waals surface area (Å²) in [6.45, 7) is 0. The van der Waals surface area contributed by atoms with Crippen LogP contribution in [0.3, 0.4) is 0 Å². The van der Waals surface area contributed by atoms with Crippen molar-refractivity contribution in [2.24, 2.45) is 0 Å². The first-order chi connectivity index (χ1) is 21.8. The highest BCUT2D eigenvalue weighted by molar-refractivity contribution is 7.26. The Labute approximate surface area is 257 Å². The van der Waals surface area contributed by atoms with Crippen molar-refractivity contribution in [3.8, 4) is 22.3 Å². The van der Waals surface area contributed by atoms with Crippen LogP contribution in [0.15, 0.2) is 150 Å². The third-order valence-corrected chi connectivity index (χ3v) is 10.4. The highest BCUT2D eigenvalue weighted by Crippen LogP contribution is 2.47. The first-order valence-corrected chi connectivity index (χ1v) is 15.8. The van der Waals surface area contributed by atoms with Crippen molar-refractivity contribution in [2.45, 2.75) is 0 Å². The zero-order chi connectivity index (χ0) is 28.8. The van der Waals surface area contributed by atoms with E-state index in [1.165, 1.54) is 74.7 Å². The summed E-state index contributed by atoms with van der Waals surface area (Å²) in [4.78, 5) is 0. The summed E-state index contributed by atoms with van der Waals surface area (Å²) in [5, 5.41) is 12.4. The highest BCUT2D eigenvalue weighted by atomic mass is 32.1. The summed E-state index contributed by atoms with van der Waals surface area (Å²) in [5.41, 5.74) is 6.89. The van der Waals surface area contributed by atoms with E-state index in [4.69, 9.17) is 4.42 Å². The monoisotopic (exact) mass is 576 g/mol. The van der Waals surface area contributed by atoms with E-state index in [0.717, 1.165) is 21.9 Å². The van der Waals surface area contributed by atoms with Gasteiger partial charge in [0, 0.05) is 30.9 Å². The molecule has 0 fully saturated rings. The van der Waals surface area contributed by atoms with E-state index in [1.54, 1.807) is 0 Å². The number of hydrogen-bond donors (Lipinski definition) is 0. The van der Waals surface area contributed by atoms with Gasteiger partial charge in [-0.15, -0.1) is 11.3 Å². The van der Waals surface area contributed by atoms with Crippen molar-refractivity contribution < 1.29 is 4.42 Å². The maximum absolute atomic E-state index is 6.69. The zero-order valence-electron chi connectivity index (χ0n) is 23.7. The van der Waals surface area contributed by atoms with Crippen molar-refractivity contribution in [1.29, 1.82) is 0 Å². The van der Waals surface area contributed by atoms with Gasteiger partial charge in [0.1, 0.15) is 11.2 Å². The molecule has 0 unspecified atom stereocenters. The van der Waals surface area contributed by atoms with Crippen molar-refractivity contribution >= 4 is 85.8 Å². The SMILES string of the molecule is c1ccc(-c2c3ccccc3c(-c3ccc4oc5c(ccc6sc7c8ccccc8ccc7c65)c4c3)c3ccccc23)cc1. The lowest BCUT2D eigenvalue weighted by Gasteiger charge is -2.17. The predicted octanol–water partition coefficient (Wildman–Crippen LogP) is 12.7. The fraction of sp³-hybridized carbons (Fsp3) is 0. The molecule has 0 spiro atoms. The lowest BCUT2D eigenvalue weighted by Crippen LogP contribution is -1.90. The van der Waals surface area contributed by atoms with Gasteiger partial charge in [-0.25, -0.2) is 0 Å². The van der Waals surface area contributed by atoms with Gasteiger partial charge in [-0.3, -0.25) is 0 Å². The summed E-state index contributed by atoms with van der Waals surface area (Å²) in [7, 11) is 0.